The first kappa shape index (κ1) is 23.8. The molecule has 0 bridgehead atoms. The molecule has 174 valence electrons. The Morgan fingerprint density at radius 2 is 1.88 bits per heavy atom. The molecule has 0 atom stereocenters. The van der Waals surface area contributed by atoms with Crippen molar-refractivity contribution in [1.82, 2.24) is 9.55 Å². The summed E-state index contributed by atoms with van der Waals surface area (Å²) in [5, 5.41) is 0. The number of aromatic amines is 1. The molecule has 3 rings (SSSR count). The number of rotatable bonds is 9. The van der Waals surface area contributed by atoms with Gasteiger partial charge >= 0.3 is 5.69 Å². The Morgan fingerprint density at radius 1 is 1.18 bits per heavy atom. The van der Waals surface area contributed by atoms with Crippen molar-refractivity contribution in [2.45, 2.75) is 46.6 Å². The molecule has 3 N–H and O–H groups in total. The predicted octanol–water partition coefficient (Wildman–Crippen LogP) is 2.65. The SMILES string of the molecule is CCCN(C(=O)CCc1cc(C(C)=O)c(C)o1)c1c(N)n(Cc2ccccc2)c(=O)[nH]c1=O. The molecule has 9 heteroatoms. The van der Waals surface area contributed by atoms with Crippen molar-refractivity contribution in [3.05, 3.63) is 79.9 Å². The number of nitrogens with zero attached hydrogens (tertiary/aromatic N) is 2. The maximum atomic E-state index is 13.1. The summed E-state index contributed by atoms with van der Waals surface area (Å²) in [7, 11) is 0. The molecule has 0 fully saturated rings. The van der Waals surface area contributed by atoms with E-state index in [4.69, 9.17) is 10.2 Å². The number of H-pyrrole nitrogens is 1. The maximum absolute atomic E-state index is 13.1. The van der Waals surface area contributed by atoms with Crippen LogP contribution in [0, 0.1) is 6.92 Å². The molecule has 0 aliphatic heterocycles. The van der Waals surface area contributed by atoms with Gasteiger partial charge in [-0.15, -0.1) is 0 Å². The van der Waals surface area contributed by atoms with Crippen molar-refractivity contribution < 1.29 is 14.0 Å². The Bertz CT molecular complexity index is 1270. The molecule has 0 saturated heterocycles. The van der Waals surface area contributed by atoms with E-state index in [2.05, 4.69) is 4.98 Å². The molecule has 0 unspecified atom stereocenters. The van der Waals surface area contributed by atoms with Gasteiger partial charge in [0, 0.05) is 19.4 Å². The number of Topliss-reactive ketones (excluding diaryl/α,β-unsaturated/α-hetero) is 1. The number of nitrogens with one attached hydrogen (secondary N) is 1. The van der Waals surface area contributed by atoms with Crippen molar-refractivity contribution in [2.75, 3.05) is 17.2 Å². The average Bonchev–Trinajstić information content (AvgIpc) is 3.16. The number of amides is 1. The summed E-state index contributed by atoms with van der Waals surface area (Å²) in [6, 6.07) is 10.8. The third kappa shape index (κ3) is 5.31. The van der Waals surface area contributed by atoms with Gasteiger partial charge in [-0.25, -0.2) is 4.79 Å². The number of ketones is 1. The lowest BCUT2D eigenvalue weighted by Gasteiger charge is -2.24. The van der Waals surface area contributed by atoms with Crippen LogP contribution in [0.3, 0.4) is 0 Å². The van der Waals surface area contributed by atoms with E-state index in [1.54, 1.807) is 13.0 Å². The summed E-state index contributed by atoms with van der Waals surface area (Å²) in [5.41, 5.74) is 6.17. The van der Waals surface area contributed by atoms with E-state index < -0.39 is 11.2 Å². The van der Waals surface area contributed by atoms with Gasteiger partial charge in [0.25, 0.3) is 5.56 Å². The highest BCUT2D eigenvalue weighted by Gasteiger charge is 2.24. The van der Waals surface area contributed by atoms with Crippen LogP contribution in [-0.2, 0) is 17.8 Å². The molecule has 0 spiro atoms. The normalized spacial score (nSPS) is 10.9. The number of carbonyl (C=O) groups excluding carboxylic acids is 2. The Morgan fingerprint density at radius 3 is 2.48 bits per heavy atom. The lowest BCUT2D eigenvalue weighted by Crippen LogP contribution is -2.41. The van der Waals surface area contributed by atoms with E-state index in [0.717, 1.165) is 5.56 Å². The first-order valence-corrected chi connectivity index (χ1v) is 10.8. The average molecular weight is 453 g/mol. The smallest absolute Gasteiger partial charge is 0.330 e. The number of hydrogen-bond acceptors (Lipinski definition) is 6. The first-order chi connectivity index (χ1) is 15.7. The number of aryl methyl sites for hydroxylation is 2. The van der Waals surface area contributed by atoms with E-state index in [1.165, 1.54) is 16.4 Å². The van der Waals surface area contributed by atoms with Gasteiger partial charge in [0.15, 0.2) is 11.5 Å². The zero-order chi connectivity index (χ0) is 24.1. The number of anilines is 2. The quantitative estimate of drug-likeness (QED) is 0.480. The van der Waals surface area contributed by atoms with E-state index in [1.807, 2.05) is 37.3 Å². The molecular formula is C24H28N4O5. The summed E-state index contributed by atoms with van der Waals surface area (Å²) in [4.78, 5) is 53.5. The lowest BCUT2D eigenvalue weighted by atomic mass is 10.1. The topological polar surface area (TPSA) is 131 Å². The molecule has 0 saturated carbocycles. The largest absolute Gasteiger partial charge is 0.466 e. The van der Waals surface area contributed by atoms with Gasteiger partial charge in [0.2, 0.25) is 5.91 Å². The fourth-order valence-electron chi connectivity index (χ4n) is 3.73. The molecule has 2 heterocycles. The van der Waals surface area contributed by atoms with Crippen molar-refractivity contribution >= 4 is 23.2 Å². The Balaban J connectivity index is 1.90. The predicted molar refractivity (Wildman–Crippen MR) is 126 cm³/mol. The third-order valence-corrected chi connectivity index (χ3v) is 5.35. The molecule has 0 aliphatic carbocycles. The van der Waals surface area contributed by atoms with Gasteiger partial charge in [-0.2, -0.15) is 0 Å². The van der Waals surface area contributed by atoms with Crippen LogP contribution in [0.4, 0.5) is 11.5 Å². The van der Waals surface area contributed by atoms with Crippen LogP contribution in [0.15, 0.2) is 50.4 Å². The van der Waals surface area contributed by atoms with Crippen molar-refractivity contribution in [3.8, 4) is 0 Å². The summed E-state index contributed by atoms with van der Waals surface area (Å²) in [6.45, 7) is 5.44. The molecule has 1 amide bonds. The number of benzene rings is 1. The summed E-state index contributed by atoms with van der Waals surface area (Å²) in [5.74, 6) is 0.503. The number of nitrogens with two attached hydrogens (primary N) is 1. The Kier molecular flexibility index (Phi) is 7.32. The molecule has 33 heavy (non-hydrogen) atoms. The molecule has 1 aromatic carbocycles. The van der Waals surface area contributed by atoms with Gasteiger partial charge in [-0.1, -0.05) is 37.3 Å². The summed E-state index contributed by atoms with van der Waals surface area (Å²) < 4.78 is 6.84. The first-order valence-electron chi connectivity index (χ1n) is 10.8. The van der Waals surface area contributed by atoms with Gasteiger partial charge in [-0.05, 0) is 31.9 Å². The molecule has 2 aromatic heterocycles. The Labute approximate surface area is 190 Å². The second kappa shape index (κ2) is 10.2. The summed E-state index contributed by atoms with van der Waals surface area (Å²) >= 11 is 0. The highest BCUT2D eigenvalue weighted by molar-refractivity contribution is 5.96. The van der Waals surface area contributed by atoms with Crippen molar-refractivity contribution in [3.63, 3.8) is 0 Å². The van der Waals surface area contributed by atoms with Crippen LogP contribution >= 0.6 is 0 Å². The van der Waals surface area contributed by atoms with Crippen LogP contribution < -0.4 is 21.9 Å². The van der Waals surface area contributed by atoms with Crippen LogP contribution in [0.5, 0.6) is 0 Å². The molecule has 3 aromatic rings. The molecule has 0 radical (unpaired) electrons. The minimum atomic E-state index is -0.712. The van der Waals surface area contributed by atoms with Gasteiger partial charge in [0.05, 0.1) is 12.1 Å². The van der Waals surface area contributed by atoms with E-state index in [-0.39, 0.29) is 49.1 Å². The standard InChI is InChI=1S/C24H28N4O5/c1-4-12-27(20(30)11-10-18-13-19(15(2)29)16(3)33-18)21-22(25)28(24(32)26-23(21)31)14-17-8-6-5-7-9-17/h5-9,13H,4,10-12,14,25H2,1-3H3,(H,26,31,32). The van der Waals surface area contributed by atoms with Crippen LogP contribution in [0.25, 0.3) is 0 Å². The highest BCUT2D eigenvalue weighted by Crippen LogP contribution is 2.21. The van der Waals surface area contributed by atoms with E-state index in [9.17, 15) is 19.2 Å². The third-order valence-electron chi connectivity index (χ3n) is 5.35. The zero-order valence-electron chi connectivity index (χ0n) is 19.0. The number of furan rings is 1. The van der Waals surface area contributed by atoms with Crippen LogP contribution in [0.1, 0.15) is 54.1 Å². The van der Waals surface area contributed by atoms with Gasteiger partial charge in [-0.3, -0.25) is 23.9 Å². The molecule has 9 nitrogen and oxygen atoms in total. The minimum absolute atomic E-state index is 0.0426. The molecular weight excluding hydrogens is 424 g/mol. The highest BCUT2D eigenvalue weighted by atomic mass is 16.3. The molecule has 0 aliphatic rings. The zero-order valence-corrected chi connectivity index (χ0v) is 19.0. The monoisotopic (exact) mass is 452 g/mol. The van der Waals surface area contributed by atoms with E-state index in [0.29, 0.717) is 23.5 Å². The fourth-order valence-corrected chi connectivity index (χ4v) is 3.73. The lowest BCUT2D eigenvalue weighted by molar-refractivity contribution is -0.118. The van der Waals surface area contributed by atoms with E-state index >= 15 is 0 Å². The second-order valence-electron chi connectivity index (χ2n) is 7.85. The Hall–Kier alpha value is -3.88. The second-order valence-corrected chi connectivity index (χ2v) is 7.85. The summed E-state index contributed by atoms with van der Waals surface area (Å²) in [6.07, 6.45) is 0.881. The van der Waals surface area contributed by atoms with Crippen molar-refractivity contribution in [2.24, 2.45) is 0 Å². The number of carbonyl (C=O) groups is 2. The number of nitrogen functional groups attached to an aromatic ring is 1. The number of aromatic nitrogens is 2. The number of hydrogen-bond donors (Lipinski definition) is 2. The van der Waals surface area contributed by atoms with Crippen LogP contribution in [0.2, 0.25) is 0 Å². The van der Waals surface area contributed by atoms with Crippen molar-refractivity contribution in [1.29, 1.82) is 0 Å². The van der Waals surface area contributed by atoms with Gasteiger partial charge < -0.3 is 15.1 Å². The maximum Gasteiger partial charge on any atom is 0.330 e. The fraction of sp³-hybridized carbons (Fsp3) is 0.333. The van der Waals surface area contributed by atoms with Crippen LogP contribution in [-0.4, -0.2) is 27.8 Å². The van der Waals surface area contributed by atoms with Gasteiger partial charge in [0.1, 0.15) is 17.3 Å². The minimum Gasteiger partial charge on any atom is -0.466 e.